The van der Waals surface area contributed by atoms with E-state index in [1.165, 1.54) is 6.39 Å². The van der Waals surface area contributed by atoms with Gasteiger partial charge < -0.3 is 20.3 Å². The van der Waals surface area contributed by atoms with Gasteiger partial charge in [0.2, 0.25) is 12.3 Å². The van der Waals surface area contributed by atoms with Gasteiger partial charge in [-0.25, -0.2) is 0 Å². The van der Waals surface area contributed by atoms with E-state index in [9.17, 15) is 0 Å². The molecule has 7 heteroatoms. The molecule has 2 aromatic rings. The quantitative estimate of drug-likeness (QED) is 0.795. The normalized spacial score (nSPS) is 10.8. The first-order valence-electron chi connectivity index (χ1n) is 6.53. The van der Waals surface area contributed by atoms with Crippen molar-refractivity contribution in [1.29, 1.82) is 0 Å². The number of nitrogens with zero attached hydrogens (tertiary/aromatic N) is 3. The van der Waals surface area contributed by atoms with Crippen LogP contribution in [0.25, 0.3) is 0 Å². The second-order valence-corrected chi connectivity index (χ2v) is 4.82. The molecule has 0 aliphatic heterocycles. The topological polar surface area (TPSA) is 99.1 Å². The number of hydrogen-bond acceptors (Lipinski definition) is 7. The summed E-state index contributed by atoms with van der Waals surface area (Å²) < 4.78 is 10.2. The van der Waals surface area contributed by atoms with Gasteiger partial charge in [-0.05, 0) is 18.1 Å². The maximum Gasteiger partial charge on any atom is 0.239 e. The van der Waals surface area contributed by atoms with Crippen LogP contribution in [0.5, 0.6) is 5.88 Å². The number of rotatable bonds is 7. The van der Waals surface area contributed by atoms with Crippen LogP contribution in [-0.2, 0) is 6.42 Å². The highest BCUT2D eigenvalue weighted by Crippen LogP contribution is 2.21. The Morgan fingerprint density at radius 3 is 2.95 bits per heavy atom. The Hall–Kier alpha value is -2.31. The van der Waals surface area contributed by atoms with Crippen LogP contribution in [0.4, 0.5) is 11.5 Å². The van der Waals surface area contributed by atoms with Crippen LogP contribution < -0.4 is 15.8 Å². The molecule has 0 saturated heterocycles. The number of ether oxygens (including phenoxy) is 1. The highest BCUT2D eigenvalue weighted by atomic mass is 16.5. The maximum atomic E-state index is 5.83. The zero-order valence-electron chi connectivity index (χ0n) is 11.7. The number of nitrogens with two attached hydrogens (primary N) is 1. The molecule has 2 heterocycles. The molecule has 0 aromatic carbocycles. The Bertz CT molecular complexity index is 528. The molecule has 0 spiro atoms. The fraction of sp³-hybridized carbons (Fsp3) is 0.462. The summed E-state index contributed by atoms with van der Waals surface area (Å²) in [6.07, 6.45) is 1.97. The summed E-state index contributed by atoms with van der Waals surface area (Å²) in [5, 5.41) is 6.91. The summed E-state index contributed by atoms with van der Waals surface area (Å²) in [6.45, 7) is 5.38. The summed E-state index contributed by atoms with van der Waals surface area (Å²) in [5.74, 6) is 2.25. The lowest BCUT2D eigenvalue weighted by Crippen LogP contribution is -2.10. The van der Waals surface area contributed by atoms with Crippen molar-refractivity contribution < 1.29 is 9.26 Å². The van der Waals surface area contributed by atoms with Crippen LogP contribution in [0, 0.1) is 5.92 Å². The van der Waals surface area contributed by atoms with Crippen LogP contribution >= 0.6 is 0 Å². The first-order valence-corrected chi connectivity index (χ1v) is 6.53. The number of nitrogens with one attached hydrogen (secondary N) is 1. The van der Waals surface area contributed by atoms with Crippen molar-refractivity contribution >= 4 is 11.5 Å². The number of nitrogen functional groups attached to an aromatic ring is 1. The lowest BCUT2D eigenvalue weighted by molar-refractivity contribution is 0.263. The lowest BCUT2D eigenvalue weighted by Gasteiger charge is -2.11. The van der Waals surface area contributed by atoms with E-state index in [0.717, 1.165) is 0 Å². The van der Waals surface area contributed by atoms with Gasteiger partial charge >= 0.3 is 0 Å². The zero-order valence-corrected chi connectivity index (χ0v) is 11.7. The van der Waals surface area contributed by atoms with Crippen molar-refractivity contribution in [2.45, 2.75) is 20.3 Å². The molecule has 7 nitrogen and oxygen atoms in total. The molecule has 0 fully saturated rings. The molecule has 0 aliphatic rings. The monoisotopic (exact) mass is 277 g/mol. The van der Waals surface area contributed by atoms with Gasteiger partial charge in [-0.15, -0.1) is 0 Å². The minimum absolute atomic E-state index is 0.422. The van der Waals surface area contributed by atoms with Gasteiger partial charge in [-0.2, -0.15) is 9.97 Å². The summed E-state index contributed by atoms with van der Waals surface area (Å²) >= 11 is 0. The Morgan fingerprint density at radius 1 is 1.40 bits per heavy atom. The number of pyridine rings is 1. The minimum Gasteiger partial charge on any atom is -0.476 e. The van der Waals surface area contributed by atoms with Crippen LogP contribution in [0.2, 0.25) is 0 Å². The van der Waals surface area contributed by atoms with E-state index < -0.39 is 0 Å². The van der Waals surface area contributed by atoms with Gasteiger partial charge in [-0.3, -0.25) is 0 Å². The number of anilines is 2. The second-order valence-electron chi connectivity index (χ2n) is 4.82. The third-order valence-corrected chi connectivity index (χ3v) is 2.50. The SMILES string of the molecule is CC(C)COc1nc(NCCc2ncon2)ccc1N. The smallest absolute Gasteiger partial charge is 0.239 e. The van der Waals surface area contributed by atoms with E-state index in [4.69, 9.17) is 10.5 Å². The average molecular weight is 277 g/mol. The molecule has 2 rings (SSSR count). The lowest BCUT2D eigenvalue weighted by atomic mass is 10.2. The van der Waals surface area contributed by atoms with E-state index in [2.05, 4.69) is 38.8 Å². The van der Waals surface area contributed by atoms with Gasteiger partial charge in [0, 0.05) is 13.0 Å². The Balaban J connectivity index is 1.89. The van der Waals surface area contributed by atoms with Crippen LogP contribution in [0.1, 0.15) is 19.7 Å². The van der Waals surface area contributed by atoms with Crippen molar-refractivity contribution in [3.05, 3.63) is 24.4 Å². The van der Waals surface area contributed by atoms with Crippen LogP contribution in [-0.4, -0.2) is 28.3 Å². The van der Waals surface area contributed by atoms with Gasteiger partial charge in [0.25, 0.3) is 0 Å². The Labute approximate surface area is 117 Å². The largest absolute Gasteiger partial charge is 0.476 e. The first kappa shape index (κ1) is 14.1. The third kappa shape index (κ3) is 4.11. The van der Waals surface area contributed by atoms with Crippen molar-refractivity contribution in [3.63, 3.8) is 0 Å². The van der Waals surface area contributed by atoms with Gasteiger partial charge in [0.15, 0.2) is 5.82 Å². The number of hydrogen-bond donors (Lipinski definition) is 2. The fourth-order valence-electron chi connectivity index (χ4n) is 1.52. The summed E-state index contributed by atoms with van der Waals surface area (Å²) in [5.41, 5.74) is 6.37. The molecule has 0 saturated carbocycles. The Morgan fingerprint density at radius 2 is 2.25 bits per heavy atom. The summed E-state index contributed by atoms with van der Waals surface area (Å²) in [7, 11) is 0. The van der Waals surface area contributed by atoms with Gasteiger partial charge in [0.1, 0.15) is 5.82 Å². The molecule has 2 aromatic heterocycles. The first-order chi connectivity index (χ1) is 9.65. The molecule has 0 unspecified atom stereocenters. The maximum absolute atomic E-state index is 5.83. The molecule has 20 heavy (non-hydrogen) atoms. The highest BCUT2D eigenvalue weighted by Gasteiger charge is 2.06. The third-order valence-electron chi connectivity index (χ3n) is 2.50. The minimum atomic E-state index is 0.422. The molecule has 0 atom stereocenters. The van der Waals surface area contributed by atoms with Crippen LogP contribution in [0.3, 0.4) is 0 Å². The molecule has 108 valence electrons. The predicted octanol–water partition coefficient (Wildman–Crippen LogP) is 1.74. The fourth-order valence-corrected chi connectivity index (χ4v) is 1.52. The molecule has 0 radical (unpaired) electrons. The van der Waals surface area contributed by atoms with Crippen molar-refractivity contribution in [1.82, 2.24) is 15.1 Å². The number of aromatic nitrogens is 3. The molecule has 0 aliphatic carbocycles. The van der Waals surface area contributed by atoms with E-state index in [1.807, 2.05) is 6.07 Å². The Kier molecular flexibility index (Phi) is 4.75. The van der Waals surface area contributed by atoms with Gasteiger partial charge in [0.05, 0.1) is 12.3 Å². The van der Waals surface area contributed by atoms with Crippen molar-refractivity contribution in [2.75, 3.05) is 24.2 Å². The summed E-state index contributed by atoms with van der Waals surface area (Å²) in [6, 6.07) is 3.59. The molecule has 0 amide bonds. The van der Waals surface area contributed by atoms with Crippen molar-refractivity contribution in [3.8, 4) is 5.88 Å². The van der Waals surface area contributed by atoms with Crippen molar-refractivity contribution in [2.24, 2.45) is 5.92 Å². The standard InChI is InChI=1S/C13H19N5O2/c1-9(2)7-19-13-10(14)3-4-11(17-13)15-6-5-12-16-8-20-18-12/h3-4,8-9H,5-7,14H2,1-2H3,(H,15,17). The second kappa shape index (κ2) is 6.74. The van der Waals surface area contributed by atoms with Gasteiger partial charge in [-0.1, -0.05) is 19.0 Å². The van der Waals surface area contributed by atoms with Crippen LogP contribution in [0.15, 0.2) is 23.0 Å². The molecule has 3 N–H and O–H groups in total. The zero-order chi connectivity index (χ0) is 14.4. The summed E-state index contributed by atoms with van der Waals surface area (Å²) in [4.78, 5) is 8.29. The highest BCUT2D eigenvalue weighted by molar-refractivity contribution is 5.53. The predicted molar refractivity (Wildman–Crippen MR) is 75.5 cm³/mol. The van der Waals surface area contributed by atoms with E-state index in [0.29, 0.717) is 48.7 Å². The van der Waals surface area contributed by atoms with E-state index in [-0.39, 0.29) is 0 Å². The average Bonchev–Trinajstić information content (AvgIpc) is 2.92. The molecule has 0 bridgehead atoms. The van der Waals surface area contributed by atoms with E-state index >= 15 is 0 Å². The molecular weight excluding hydrogens is 258 g/mol. The van der Waals surface area contributed by atoms with E-state index in [1.54, 1.807) is 6.07 Å². The molecular formula is C13H19N5O2.